The number of nitro benzene ring substituents is 1. The number of amides is 2. The number of nitrogens with zero attached hydrogens (tertiary/aromatic N) is 2. The molecule has 2 fully saturated rings. The fourth-order valence-corrected chi connectivity index (χ4v) is 5.89. The summed E-state index contributed by atoms with van der Waals surface area (Å²) in [7, 11) is -1.33. The van der Waals surface area contributed by atoms with Crippen LogP contribution < -0.4 is 4.90 Å². The molecule has 2 N–H and O–H groups in total. The molecule has 0 radical (unpaired) electrons. The van der Waals surface area contributed by atoms with Gasteiger partial charge in [-0.05, 0) is 54.4 Å². The lowest BCUT2D eigenvalue weighted by Gasteiger charge is -2.42. The molecular formula is C25H24BFN2O7. The molecule has 2 saturated heterocycles. The first-order chi connectivity index (χ1) is 17.2. The highest BCUT2D eigenvalue weighted by atomic mass is 19.1. The van der Waals surface area contributed by atoms with Gasteiger partial charge in [-0.3, -0.25) is 19.7 Å². The number of phenols is 1. The van der Waals surface area contributed by atoms with Gasteiger partial charge in [-0.15, -0.1) is 0 Å². The standard InChI is InChI=1S/C25H24BFN2O7/c1-2-4-14-9-18-22(25(32)28(24(18)31)15-5-3-6-16(11-15)29(34)35)17-12-21(36-26(33)23(14)17)13-7-8-20(30)19(27)10-13/h3,5-8,10-11,17-18,21-22,30,33H,2,4,9,12H2,1H3/t17-,18-,21-,22+/m0/s1. The molecule has 0 bridgehead atoms. The first-order valence-electron chi connectivity index (χ1n) is 11.9. The molecule has 9 nitrogen and oxygen atoms in total. The Morgan fingerprint density at radius 2 is 1.97 bits per heavy atom. The molecule has 5 rings (SSSR count). The first-order valence-corrected chi connectivity index (χ1v) is 11.9. The van der Waals surface area contributed by atoms with Gasteiger partial charge in [0.25, 0.3) is 5.69 Å². The quantitative estimate of drug-likeness (QED) is 0.280. The molecule has 2 aliphatic heterocycles. The zero-order valence-corrected chi connectivity index (χ0v) is 19.5. The van der Waals surface area contributed by atoms with Crippen LogP contribution in [0.3, 0.4) is 0 Å². The van der Waals surface area contributed by atoms with Gasteiger partial charge in [-0.25, -0.2) is 9.29 Å². The topological polar surface area (TPSA) is 130 Å². The minimum absolute atomic E-state index is 0.136. The van der Waals surface area contributed by atoms with E-state index < -0.39 is 59.3 Å². The number of anilines is 1. The summed E-state index contributed by atoms with van der Waals surface area (Å²) >= 11 is 0. The fraction of sp³-hybridized carbons (Fsp3) is 0.360. The molecule has 0 aromatic heterocycles. The summed E-state index contributed by atoms with van der Waals surface area (Å²) in [5.41, 5.74) is 1.76. The molecule has 0 saturated carbocycles. The largest absolute Gasteiger partial charge is 0.505 e. The van der Waals surface area contributed by atoms with Crippen molar-refractivity contribution in [3.8, 4) is 5.75 Å². The van der Waals surface area contributed by atoms with Crippen LogP contribution in [-0.2, 0) is 14.2 Å². The van der Waals surface area contributed by atoms with Crippen LogP contribution >= 0.6 is 0 Å². The molecule has 4 atom stereocenters. The molecule has 2 aromatic rings. The third-order valence-corrected chi connectivity index (χ3v) is 7.41. The van der Waals surface area contributed by atoms with Crippen LogP contribution in [0.4, 0.5) is 15.8 Å². The number of non-ortho nitro benzene ring substituents is 1. The van der Waals surface area contributed by atoms with Crippen molar-refractivity contribution in [1.29, 1.82) is 0 Å². The van der Waals surface area contributed by atoms with E-state index in [1.165, 1.54) is 36.4 Å². The molecule has 2 heterocycles. The van der Waals surface area contributed by atoms with Gasteiger partial charge in [0.05, 0.1) is 28.6 Å². The number of benzene rings is 2. The van der Waals surface area contributed by atoms with Crippen molar-refractivity contribution >= 4 is 30.3 Å². The lowest BCUT2D eigenvalue weighted by atomic mass is 9.54. The number of hydrogen-bond acceptors (Lipinski definition) is 7. The van der Waals surface area contributed by atoms with E-state index in [9.17, 15) is 34.2 Å². The van der Waals surface area contributed by atoms with Gasteiger partial charge in [0.15, 0.2) is 11.6 Å². The zero-order chi connectivity index (χ0) is 25.7. The van der Waals surface area contributed by atoms with Crippen LogP contribution in [0.15, 0.2) is 53.5 Å². The summed E-state index contributed by atoms with van der Waals surface area (Å²) in [6.07, 6.45) is 1.14. The molecule has 3 aliphatic rings. The molecule has 0 unspecified atom stereocenters. The van der Waals surface area contributed by atoms with Crippen molar-refractivity contribution in [1.82, 2.24) is 0 Å². The first kappa shape index (κ1) is 24.1. The third kappa shape index (κ3) is 3.88. The molecule has 11 heteroatoms. The molecule has 0 spiro atoms. The van der Waals surface area contributed by atoms with Crippen molar-refractivity contribution in [3.63, 3.8) is 0 Å². The Labute approximate surface area is 206 Å². The van der Waals surface area contributed by atoms with E-state index in [4.69, 9.17) is 4.65 Å². The monoisotopic (exact) mass is 494 g/mol. The number of carbonyl (C=O) groups excluding carboxylic acids is 2. The second-order valence-corrected chi connectivity index (χ2v) is 9.46. The SMILES string of the molecule is CCCC1=C2B(O)O[C@H](c3ccc(O)c(F)c3)C[C@H]2[C@H]2C(=O)N(c3cccc([N+](=O)[O-])c3)C(=O)[C@H]2C1. The van der Waals surface area contributed by atoms with Crippen LogP contribution in [0.25, 0.3) is 0 Å². The minimum atomic E-state index is -1.33. The maximum Gasteiger partial charge on any atom is 0.487 e. The van der Waals surface area contributed by atoms with Gasteiger partial charge in [-0.2, -0.15) is 0 Å². The number of allylic oxidation sites excluding steroid dienone is 2. The molecule has 36 heavy (non-hydrogen) atoms. The van der Waals surface area contributed by atoms with E-state index in [1.807, 2.05) is 6.92 Å². The maximum atomic E-state index is 14.1. The number of halogens is 1. The minimum Gasteiger partial charge on any atom is -0.505 e. The van der Waals surface area contributed by atoms with Crippen LogP contribution in [0.5, 0.6) is 5.75 Å². The van der Waals surface area contributed by atoms with Gasteiger partial charge in [0, 0.05) is 12.1 Å². The second-order valence-electron chi connectivity index (χ2n) is 9.46. The number of hydrogen-bond donors (Lipinski definition) is 2. The number of imide groups is 1. The van der Waals surface area contributed by atoms with E-state index in [1.54, 1.807) is 0 Å². The summed E-state index contributed by atoms with van der Waals surface area (Å²) in [4.78, 5) is 38.9. The van der Waals surface area contributed by atoms with Crippen molar-refractivity contribution in [3.05, 3.63) is 75.0 Å². The second kappa shape index (κ2) is 9.14. The van der Waals surface area contributed by atoms with Crippen molar-refractivity contribution in [2.24, 2.45) is 17.8 Å². The average molecular weight is 494 g/mol. The number of carbonyl (C=O) groups is 2. The highest BCUT2D eigenvalue weighted by Crippen LogP contribution is 2.52. The van der Waals surface area contributed by atoms with Crippen molar-refractivity contribution < 1.29 is 33.7 Å². The summed E-state index contributed by atoms with van der Waals surface area (Å²) in [5, 5.41) is 31.8. The summed E-state index contributed by atoms with van der Waals surface area (Å²) in [5.74, 6) is -4.23. The van der Waals surface area contributed by atoms with Crippen LogP contribution in [0.1, 0.15) is 44.3 Å². The molecule has 1 aliphatic carbocycles. The summed E-state index contributed by atoms with van der Waals surface area (Å²) in [6, 6.07) is 9.23. The highest BCUT2D eigenvalue weighted by Gasteiger charge is 2.58. The Morgan fingerprint density at radius 1 is 1.19 bits per heavy atom. The van der Waals surface area contributed by atoms with Gasteiger partial charge in [-0.1, -0.05) is 31.1 Å². The molecule has 2 amide bonds. The van der Waals surface area contributed by atoms with Crippen LogP contribution in [0.2, 0.25) is 0 Å². The number of rotatable bonds is 5. The predicted octanol–water partition coefficient (Wildman–Crippen LogP) is 3.84. The Hall–Kier alpha value is -3.57. The number of nitro groups is 1. The van der Waals surface area contributed by atoms with E-state index in [0.717, 1.165) is 23.0 Å². The van der Waals surface area contributed by atoms with E-state index in [0.29, 0.717) is 23.9 Å². The number of aromatic hydroxyl groups is 1. The predicted molar refractivity (Wildman–Crippen MR) is 127 cm³/mol. The van der Waals surface area contributed by atoms with Gasteiger partial charge in [0.2, 0.25) is 11.8 Å². The van der Waals surface area contributed by atoms with Gasteiger partial charge in [0.1, 0.15) is 0 Å². The zero-order valence-electron chi connectivity index (χ0n) is 19.5. The van der Waals surface area contributed by atoms with Crippen LogP contribution in [0, 0.1) is 33.7 Å². The fourth-order valence-electron chi connectivity index (χ4n) is 5.89. The Balaban J connectivity index is 1.55. The molecule has 186 valence electrons. The maximum absolute atomic E-state index is 14.1. The normalized spacial score (nSPS) is 25.8. The summed E-state index contributed by atoms with van der Waals surface area (Å²) < 4.78 is 19.9. The smallest absolute Gasteiger partial charge is 0.487 e. The average Bonchev–Trinajstić information content (AvgIpc) is 3.10. The lowest BCUT2D eigenvalue weighted by Crippen LogP contribution is -2.45. The highest BCUT2D eigenvalue weighted by molar-refractivity contribution is 6.53. The molecular weight excluding hydrogens is 470 g/mol. The Bertz CT molecular complexity index is 1300. The lowest BCUT2D eigenvalue weighted by molar-refractivity contribution is -0.384. The van der Waals surface area contributed by atoms with E-state index >= 15 is 0 Å². The van der Waals surface area contributed by atoms with Crippen molar-refractivity contribution in [2.45, 2.75) is 38.7 Å². The Kier molecular flexibility index (Phi) is 6.13. The molecule has 2 aromatic carbocycles. The number of phenolic OH excluding ortho intramolecular Hbond substituents is 1. The third-order valence-electron chi connectivity index (χ3n) is 7.41. The van der Waals surface area contributed by atoms with Gasteiger partial charge >= 0.3 is 7.12 Å². The Morgan fingerprint density at radius 3 is 2.67 bits per heavy atom. The van der Waals surface area contributed by atoms with Gasteiger partial charge < -0.3 is 14.8 Å². The van der Waals surface area contributed by atoms with Crippen molar-refractivity contribution in [2.75, 3.05) is 4.90 Å². The number of fused-ring (bicyclic) bond motifs is 3. The van der Waals surface area contributed by atoms with Crippen LogP contribution in [-0.4, -0.2) is 34.0 Å². The summed E-state index contributed by atoms with van der Waals surface area (Å²) in [6.45, 7) is 1.98. The van der Waals surface area contributed by atoms with E-state index in [-0.39, 0.29) is 17.8 Å². The van der Waals surface area contributed by atoms with E-state index in [2.05, 4.69) is 0 Å².